The van der Waals surface area contributed by atoms with E-state index in [0.29, 0.717) is 22.8 Å². The predicted octanol–water partition coefficient (Wildman–Crippen LogP) is 6.50. The van der Waals surface area contributed by atoms with Crippen LogP contribution in [0.4, 0.5) is 40.6 Å². The zero-order valence-corrected chi connectivity index (χ0v) is 22.3. The summed E-state index contributed by atoms with van der Waals surface area (Å²) in [4.78, 5) is 34.3. The number of anilines is 5. The van der Waals surface area contributed by atoms with Gasteiger partial charge in [-0.15, -0.1) is 0 Å². The van der Waals surface area contributed by atoms with Crippen molar-refractivity contribution >= 4 is 46.8 Å². The van der Waals surface area contributed by atoms with E-state index < -0.39 is 9.85 Å². The Balaban J connectivity index is 1.36. The highest BCUT2D eigenvalue weighted by Gasteiger charge is 2.11. The van der Waals surface area contributed by atoms with Gasteiger partial charge in [-0.05, 0) is 61.4 Å². The van der Waals surface area contributed by atoms with Crippen molar-refractivity contribution in [3.63, 3.8) is 0 Å². The molecule has 3 aromatic carbocycles. The highest BCUT2D eigenvalue weighted by atomic mass is 16.6. The van der Waals surface area contributed by atoms with E-state index in [1.807, 2.05) is 32.0 Å². The summed E-state index contributed by atoms with van der Waals surface area (Å²) >= 11 is 0. The smallest absolute Gasteiger partial charge is 0.270 e. The first kappa shape index (κ1) is 27.4. The molecule has 14 heteroatoms. The first-order chi connectivity index (χ1) is 20.2. The van der Waals surface area contributed by atoms with Crippen LogP contribution in [0.5, 0.6) is 0 Å². The number of hydrogen-bond acceptors (Lipinski definition) is 12. The molecule has 2 heterocycles. The number of aryl methyl sites for hydroxylation is 2. The number of furan rings is 1. The summed E-state index contributed by atoms with van der Waals surface area (Å²) in [5.41, 5.74) is 6.74. The second-order valence-corrected chi connectivity index (χ2v) is 9.04. The van der Waals surface area contributed by atoms with Crippen molar-refractivity contribution in [1.82, 2.24) is 15.0 Å². The summed E-state index contributed by atoms with van der Waals surface area (Å²) in [5, 5.41) is 32.4. The van der Waals surface area contributed by atoms with Crippen LogP contribution in [-0.2, 0) is 0 Å². The number of hydrazone groups is 1. The van der Waals surface area contributed by atoms with Gasteiger partial charge in [0, 0.05) is 41.2 Å². The first-order valence-corrected chi connectivity index (χ1v) is 12.5. The van der Waals surface area contributed by atoms with Crippen molar-refractivity contribution in [2.24, 2.45) is 5.10 Å². The van der Waals surface area contributed by atoms with Crippen LogP contribution in [0.3, 0.4) is 0 Å². The minimum Gasteiger partial charge on any atom is -0.455 e. The number of nitrogens with zero attached hydrogens (tertiary/aromatic N) is 6. The highest BCUT2D eigenvalue weighted by molar-refractivity contribution is 5.78. The van der Waals surface area contributed by atoms with E-state index in [9.17, 15) is 20.2 Å². The van der Waals surface area contributed by atoms with Gasteiger partial charge in [-0.2, -0.15) is 20.1 Å². The monoisotopic (exact) mass is 565 g/mol. The summed E-state index contributed by atoms with van der Waals surface area (Å²) in [6, 6.07) is 21.1. The summed E-state index contributed by atoms with van der Waals surface area (Å²) in [6.45, 7) is 4.01. The fourth-order valence-electron chi connectivity index (χ4n) is 3.79. The molecular weight excluding hydrogens is 542 g/mol. The van der Waals surface area contributed by atoms with Crippen LogP contribution in [0, 0.1) is 34.1 Å². The Morgan fingerprint density at radius 3 is 2.10 bits per heavy atom. The van der Waals surface area contributed by atoms with Crippen LogP contribution < -0.4 is 16.1 Å². The average molecular weight is 566 g/mol. The first-order valence-electron chi connectivity index (χ1n) is 12.5. The number of nitro groups is 2. The molecule has 0 aliphatic rings. The summed E-state index contributed by atoms with van der Waals surface area (Å²) < 4.78 is 5.76. The molecule has 0 amide bonds. The molecule has 14 nitrogen and oxygen atoms in total. The van der Waals surface area contributed by atoms with Gasteiger partial charge < -0.3 is 15.1 Å². The van der Waals surface area contributed by atoms with Gasteiger partial charge in [-0.1, -0.05) is 18.2 Å². The van der Waals surface area contributed by atoms with Gasteiger partial charge in [0.15, 0.2) is 0 Å². The molecule has 0 aliphatic heterocycles. The van der Waals surface area contributed by atoms with Gasteiger partial charge >= 0.3 is 0 Å². The maximum absolute atomic E-state index is 11.1. The second kappa shape index (κ2) is 11.9. The lowest BCUT2D eigenvalue weighted by Crippen LogP contribution is -2.07. The van der Waals surface area contributed by atoms with Gasteiger partial charge in [0.2, 0.25) is 17.8 Å². The summed E-state index contributed by atoms with van der Waals surface area (Å²) in [7, 11) is 0. The molecule has 0 unspecified atom stereocenters. The molecule has 0 spiro atoms. The molecule has 0 fully saturated rings. The van der Waals surface area contributed by atoms with Crippen molar-refractivity contribution in [2.45, 2.75) is 13.8 Å². The normalized spacial score (nSPS) is 10.9. The molecular formula is C28H23N9O5. The van der Waals surface area contributed by atoms with Crippen molar-refractivity contribution < 1.29 is 14.3 Å². The van der Waals surface area contributed by atoms with Gasteiger partial charge in [-0.3, -0.25) is 20.2 Å². The molecule has 0 bridgehead atoms. The minimum absolute atomic E-state index is 0.0426. The number of non-ortho nitro benzene ring substituents is 2. The van der Waals surface area contributed by atoms with Crippen LogP contribution in [0.25, 0.3) is 11.3 Å². The van der Waals surface area contributed by atoms with Crippen LogP contribution in [0.15, 0.2) is 88.4 Å². The topological polar surface area (TPSA) is 187 Å². The number of hydrogen-bond donors (Lipinski definition) is 3. The fraction of sp³-hybridized carbons (Fsp3) is 0.0714. The zero-order chi connectivity index (χ0) is 29.6. The Kier molecular flexibility index (Phi) is 7.77. The van der Waals surface area contributed by atoms with Crippen molar-refractivity contribution in [1.29, 1.82) is 0 Å². The molecule has 3 N–H and O–H groups in total. The Bertz CT molecular complexity index is 1800. The molecule has 5 rings (SSSR count). The van der Waals surface area contributed by atoms with E-state index in [0.717, 1.165) is 16.8 Å². The molecule has 0 aliphatic carbocycles. The van der Waals surface area contributed by atoms with Gasteiger partial charge in [0.25, 0.3) is 11.4 Å². The second-order valence-electron chi connectivity index (χ2n) is 9.04. The molecule has 42 heavy (non-hydrogen) atoms. The summed E-state index contributed by atoms with van der Waals surface area (Å²) in [6.07, 6.45) is 1.41. The van der Waals surface area contributed by atoms with Crippen LogP contribution in [0.1, 0.15) is 16.9 Å². The molecule has 2 aromatic heterocycles. The Labute approximate surface area is 238 Å². The zero-order valence-electron chi connectivity index (χ0n) is 22.3. The van der Waals surface area contributed by atoms with Crippen LogP contribution >= 0.6 is 0 Å². The number of aromatic nitrogens is 3. The Morgan fingerprint density at radius 1 is 0.738 bits per heavy atom. The number of rotatable bonds is 10. The van der Waals surface area contributed by atoms with E-state index in [1.54, 1.807) is 36.4 Å². The van der Waals surface area contributed by atoms with Crippen molar-refractivity contribution in [3.05, 3.63) is 116 Å². The third kappa shape index (κ3) is 6.69. The lowest BCUT2D eigenvalue weighted by molar-refractivity contribution is -0.385. The molecule has 0 atom stereocenters. The number of nitrogens with one attached hydrogen (secondary N) is 3. The molecule has 5 aromatic rings. The predicted molar refractivity (Wildman–Crippen MR) is 157 cm³/mol. The van der Waals surface area contributed by atoms with Crippen LogP contribution in [-0.4, -0.2) is 31.0 Å². The number of nitro benzene ring substituents is 2. The maximum Gasteiger partial charge on any atom is 0.270 e. The quantitative estimate of drug-likeness (QED) is 0.0953. The van der Waals surface area contributed by atoms with E-state index in [4.69, 9.17) is 4.42 Å². The third-order valence-corrected chi connectivity index (χ3v) is 6.06. The average Bonchev–Trinajstić information content (AvgIpc) is 3.44. The largest absolute Gasteiger partial charge is 0.455 e. The lowest BCUT2D eigenvalue weighted by Gasteiger charge is -2.11. The Hall–Kier alpha value is -6.18. The molecule has 0 saturated heterocycles. The number of benzene rings is 3. The fourth-order valence-corrected chi connectivity index (χ4v) is 3.79. The van der Waals surface area contributed by atoms with Gasteiger partial charge in [-0.25, -0.2) is 5.43 Å². The minimum atomic E-state index is -0.482. The van der Waals surface area contributed by atoms with Crippen molar-refractivity contribution in [2.75, 3.05) is 16.1 Å². The van der Waals surface area contributed by atoms with Gasteiger partial charge in [0.1, 0.15) is 11.5 Å². The highest BCUT2D eigenvalue weighted by Crippen LogP contribution is 2.26. The third-order valence-electron chi connectivity index (χ3n) is 6.06. The Morgan fingerprint density at radius 2 is 1.40 bits per heavy atom. The van der Waals surface area contributed by atoms with Gasteiger partial charge in [0.05, 0.1) is 16.1 Å². The van der Waals surface area contributed by atoms with Crippen LogP contribution in [0.2, 0.25) is 0 Å². The van der Waals surface area contributed by atoms with E-state index in [1.165, 1.54) is 30.5 Å². The van der Waals surface area contributed by atoms with Crippen molar-refractivity contribution in [3.8, 4) is 11.3 Å². The van der Waals surface area contributed by atoms with E-state index >= 15 is 0 Å². The standard InChI is InChI=1S/C28H23N9O5/c1-17-6-7-21(14-18(17)2)31-27-32-26(30-20-8-10-22(11-9-20)36(38)39)33-28(34-27)35-29-16-24-12-13-25(42-24)19-4-3-5-23(15-19)37(40)41/h3-16H,1-2H3,(H3,30,31,32,33,34,35)/b29-16-. The lowest BCUT2D eigenvalue weighted by atomic mass is 10.1. The molecule has 210 valence electrons. The SMILES string of the molecule is Cc1ccc(Nc2nc(N/N=C\c3ccc(-c4cccc([N+](=O)[O-])c4)o3)nc(Nc3ccc([N+](=O)[O-])cc3)n2)cc1C. The van der Waals surface area contributed by atoms with E-state index in [-0.39, 0.29) is 29.2 Å². The molecule has 0 saturated carbocycles. The summed E-state index contributed by atoms with van der Waals surface area (Å²) in [5.74, 6) is 1.31. The maximum atomic E-state index is 11.1. The van der Waals surface area contributed by atoms with E-state index in [2.05, 4.69) is 36.1 Å². The molecule has 0 radical (unpaired) electrons.